The summed E-state index contributed by atoms with van der Waals surface area (Å²) in [4.78, 5) is 16.4. The Balaban J connectivity index is 1.30. The summed E-state index contributed by atoms with van der Waals surface area (Å²) in [6, 6.07) is 11.7. The van der Waals surface area contributed by atoms with Gasteiger partial charge in [0.25, 0.3) is 0 Å². The SMILES string of the molecule is CN[C@H]1C[C@@H](Nc2nc(OCC34CCCN3CCC4)nc3c(F)c(-c4cc(O)cc5ccccc45)ncc23)C1. The smallest absolute Gasteiger partial charge is 0.319 e. The van der Waals surface area contributed by atoms with Gasteiger partial charge in [-0.3, -0.25) is 9.88 Å². The van der Waals surface area contributed by atoms with Crippen LogP contribution >= 0.6 is 0 Å². The lowest BCUT2D eigenvalue weighted by Gasteiger charge is -2.36. The summed E-state index contributed by atoms with van der Waals surface area (Å²) < 4.78 is 22.6. The summed E-state index contributed by atoms with van der Waals surface area (Å²) in [5, 5.41) is 19.3. The fourth-order valence-electron chi connectivity index (χ4n) is 6.71. The summed E-state index contributed by atoms with van der Waals surface area (Å²) in [5.74, 6) is 0.0438. The molecule has 0 bridgehead atoms. The number of hydrogen-bond donors (Lipinski definition) is 3. The standard InChI is InChI=1S/C30H33FN6O2/c1-32-19-13-20(14-19)34-28-24-16-33-26(23-15-21(38)12-18-6-2-3-7-22(18)23)25(31)27(24)35-29(36-28)39-17-30-8-4-10-37(30)11-5-9-30/h2-3,6-7,12,15-16,19-20,32,38H,4-5,8-11,13-14,17H2,1H3,(H,34,35,36)/t19-,20+. The second-order valence-electron chi connectivity index (χ2n) is 11.3. The van der Waals surface area contributed by atoms with E-state index in [4.69, 9.17) is 9.72 Å². The maximum Gasteiger partial charge on any atom is 0.319 e. The molecule has 4 heterocycles. The molecule has 3 N–H and O–H groups in total. The van der Waals surface area contributed by atoms with Crippen LogP contribution in [-0.4, -0.2) is 69.3 Å². The average molecular weight is 529 g/mol. The summed E-state index contributed by atoms with van der Waals surface area (Å²) >= 11 is 0. The predicted octanol–water partition coefficient (Wildman–Crippen LogP) is 4.86. The summed E-state index contributed by atoms with van der Waals surface area (Å²) in [6.45, 7) is 2.70. The fourth-order valence-corrected chi connectivity index (χ4v) is 6.71. The van der Waals surface area contributed by atoms with Gasteiger partial charge in [0.15, 0.2) is 5.82 Å². The van der Waals surface area contributed by atoms with Crippen LogP contribution in [0.2, 0.25) is 0 Å². The third kappa shape index (κ3) is 4.24. The number of halogens is 1. The number of aromatic hydroxyl groups is 1. The van der Waals surface area contributed by atoms with Crippen LogP contribution in [0.1, 0.15) is 38.5 Å². The number of anilines is 1. The molecule has 0 spiro atoms. The third-order valence-electron chi connectivity index (χ3n) is 8.93. The van der Waals surface area contributed by atoms with Gasteiger partial charge in [-0.25, -0.2) is 4.39 Å². The minimum Gasteiger partial charge on any atom is -0.508 e. The maximum absolute atomic E-state index is 16.3. The van der Waals surface area contributed by atoms with E-state index >= 15 is 4.39 Å². The highest BCUT2D eigenvalue weighted by molar-refractivity contribution is 5.99. The lowest BCUT2D eigenvalue weighted by molar-refractivity contribution is 0.108. The first-order valence-electron chi connectivity index (χ1n) is 13.9. The molecular formula is C30H33FN6O2. The molecule has 2 aliphatic heterocycles. The number of fused-ring (bicyclic) bond motifs is 3. The predicted molar refractivity (Wildman–Crippen MR) is 150 cm³/mol. The van der Waals surface area contributed by atoms with Crippen LogP contribution in [0, 0.1) is 5.82 Å². The average Bonchev–Trinajstić information content (AvgIpc) is 3.50. The highest BCUT2D eigenvalue weighted by atomic mass is 19.1. The number of nitrogens with one attached hydrogen (secondary N) is 2. The number of hydrogen-bond acceptors (Lipinski definition) is 8. The van der Waals surface area contributed by atoms with E-state index in [0.717, 1.165) is 49.5 Å². The monoisotopic (exact) mass is 528 g/mol. The lowest BCUT2D eigenvalue weighted by Crippen LogP contribution is -2.46. The van der Waals surface area contributed by atoms with Gasteiger partial charge in [0.1, 0.15) is 29.4 Å². The fraction of sp³-hybridized carbons (Fsp3) is 0.433. The van der Waals surface area contributed by atoms with Crippen LogP contribution in [0.4, 0.5) is 10.2 Å². The molecule has 8 nitrogen and oxygen atoms in total. The van der Waals surface area contributed by atoms with E-state index in [1.807, 2.05) is 31.3 Å². The van der Waals surface area contributed by atoms with Crippen LogP contribution < -0.4 is 15.4 Å². The molecule has 0 unspecified atom stereocenters. The van der Waals surface area contributed by atoms with Gasteiger partial charge < -0.3 is 20.5 Å². The maximum atomic E-state index is 16.3. The van der Waals surface area contributed by atoms with E-state index in [2.05, 4.69) is 25.5 Å². The Morgan fingerprint density at radius 1 is 1.08 bits per heavy atom. The van der Waals surface area contributed by atoms with E-state index in [0.29, 0.717) is 29.4 Å². The number of pyridine rings is 1. The Labute approximate surface area is 226 Å². The highest BCUT2D eigenvalue weighted by Crippen LogP contribution is 2.40. The largest absolute Gasteiger partial charge is 0.508 e. The molecule has 3 fully saturated rings. The topological polar surface area (TPSA) is 95.4 Å². The molecule has 9 heteroatoms. The van der Waals surface area contributed by atoms with E-state index in [-0.39, 0.29) is 34.6 Å². The number of ether oxygens (including phenoxy) is 1. The van der Waals surface area contributed by atoms with Crippen molar-refractivity contribution in [1.29, 1.82) is 0 Å². The van der Waals surface area contributed by atoms with Crippen molar-refractivity contribution in [2.24, 2.45) is 0 Å². The normalized spacial score (nSPS) is 22.2. The zero-order valence-corrected chi connectivity index (χ0v) is 22.1. The van der Waals surface area contributed by atoms with E-state index in [1.54, 1.807) is 18.3 Å². The number of phenolic OH excluding ortho intramolecular Hbond substituents is 1. The minimum absolute atomic E-state index is 0.0301. The first-order chi connectivity index (χ1) is 19.0. The van der Waals surface area contributed by atoms with Gasteiger partial charge in [0.05, 0.1) is 10.9 Å². The van der Waals surface area contributed by atoms with Gasteiger partial charge in [-0.05, 0) is 81.6 Å². The molecule has 4 aromatic rings. The molecule has 2 saturated heterocycles. The molecule has 202 valence electrons. The molecule has 0 radical (unpaired) electrons. The van der Waals surface area contributed by atoms with Crippen LogP contribution in [0.3, 0.4) is 0 Å². The Morgan fingerprint density at radius 3 is 2.67 bits per heavy atom. The third-order valence-corrected chi connectivity index (χ3v) is 8.93. The van der Waals surface area contributed by atoms with E-state index < -0.39 is 5.82 Å². The van der Waals surface area contributed by atoms with E-state index in [9.17, 15) is 5.11 Å². The second-order valence-corrected chi connectivity index (χ2v) is 11.3. The molecule has 2 aromatic carbocycles. The molecule has 7 rings (SSSR count). The van der Waals surface area contributed by atoms with Crippen molar-refractivity contribution in [2.45, 2.75) is 56.1 Å². The number of rotatable bonds is 7. The summed E-state index contributed by atoms with van der Waals surface area (Å²) in [6.07, 6.45) is 8.09. The van der Waals surface area contributed by atoms with Crippen molar-refractivity contribution in [3.63, 3.8) is 0 Å². The van der Waals surface area contributed by atoms with Crippen LogP contribution in [-0.2, 0) is 0 Å². The van der Waals surface area contributed by atoms with Gasteiger partial charge in [-0.2, -0.15) is 9.97 Å². The second kappa shape index (κ2) is 9.57. The van der Waals surface area contributed by atoms with Gasteiger partial charge in [-0.1, -0.05) is 24.3 Å². The van der Waals surface area contributed by atoms with Crippen molar-refractivity contribution in [2.75, 3.05) is 32.1 Å². The Kier molecular flexibility index (Phi) is 6.01. The zero-order valence-electron chi connectivity index (χ0n) is 22.1. The van der Waals surface area contributed by atoms with Crippen LogP contribution in [0.15, 0.2) is 42.6 Å². The Morgan fingerprint density at radius 2 is 1.87 bits per heavy atom. The number of nitrogens with zero attached hydrogens (tertiary/aromatic N) is 4. The molecule has 0 atom stereocenters. The lowest BCUT2D eigenvalue weighted by atomic mass is 9.87. The zero-order chi connectivity index (χ0) is 26.6. The molecular weight excluding hydrogens is 495 g/mol. The van der Waals surface area contributed by atoms with Crippen molar-refractivity contribution in [3.8, 4) is 23.0 Å². The number of benzene rings is 2. The first kappa shape index (κ1) is 24.5. The van der Waals surface area contributed by atoms with Gasteiger partial charge in [-0.15, -0.1) is 0 Å². The highest BCUT2D eigenvalue weighted by Gasteiger charge is 2.45. The number of aromatic nitrogens is 3. The van der Waals surface area contributed by atoms with Gasteiger partial charge in [0, 0.05) is 23.8 Å². The molecule has 1 aliphatic carbocycles. The van der Waals surface area contributed by atoms with E-state index in [1.165, 1.54) is 12.8 Å². The summed E-state index contributed by atoms with van der Waals surface area (Å²) in [7, 11) is 1.97. The quantitative estimate of drug-likeness (QED) is 0.313. The van der Waals surface area contributed by atoms with Crippen molar-refractivity contribution in [3.05, 3.63) is 48.4 Å². The first-order valence-corrected chi connectivity index (χ1v) is 13.9. The van der Waals surface area contributed by atoms with Gasteiger partial charge in [0.2, 0.25) is 0 Å². The molecule has 39 heavy (non-hydrogen) atoms. The number of phenols is 1. The van der Waals surface area contributed by atoms with Crippen LogP contribution in [0.5, 0.6) is 11.8 Å². The Hall–Kier alpha value is -3.56. The summed E-state index contributed by atoms with van der Waals surface area (Å²) in [5.41, 5.74) is 0.849. The molecule has 1 saturated carbocycles. The molecule has 3 aliphatic rings. The molecule has 0 amide bonds. The van der Waals surface area contributed by atoms with Crippen molar-refractivity contribution >= 4 is 27.5 Å². The minimum atomic E-state index is -0.554. The van der Waals surface area contributed by atoms with Crippen molar-refractivity contribution < 1.29 is 14.2 Å². The Bertz CT molecular complexity index is 1550. The van der Waals surface area contributed by atoms with Gasteiger partial charge >= 0.3 is 6.01 Å². The van der Waals surface area contributed by atoms with Crippen molar-refractivity contribution in [1.82, 2.24) is 25.2 Å². The molecule has 2 aromatic heterocycles. The van der Waals surface area contributed by atoms with Crippen LogP contribution in [0.25, 0.3) is 32.9 Å².